The van der Waals surface area contributed by atoms with Crippen LogP contribution in [0.15, 0.2) is 24.3 Å². The summed E-state index contributed by atoms with van der Waals surface area (Å²) in [6, 6.07) is 3.80. The summed E-state index contributed by atoms with van der Waals surface area (Å²) < 4.78 is 37.9. The SMILES string of the molecule is Nc1cccc(C(F)(F)F)c1C=CCCBr. The van der Waals surface area contributed by atoms with Gasteiger partial charge in [-0.15, -0.1) is 0 Å². The van der Waals surface area contributed by atoms with Gasteiger partial charge in [0.05, 0.1) is 5.56 Å². The van der Waals surface area contributed by atoms with Crippen molar-refractivity contribution in [3.05, 3.63) is 35.4 Å². The molecule has 0 fully saturated rings. The van der Waals surface area contributed by atoms with Crippen molar-refractivity contribution in [1.82, 2.24) is 0 Å². The Morgan fingerprint density at radius 3 is 2.56 bits per heavy atom. The van der Waals surface area contributed by atoms with Crippen LogP contribution in [0.4, 0.5) is 18.9 Å². The van der Waals surface area contributed by atoms with Crippen LogP contribution in [0.5, 0.6) is 0 Å². The van der Waals surface area contributed by atoms with E-state index in [-0.39, 0.29) is 11.3 Å². The first-order chi connectivity index (χ1) is 7.46. The fourth-order valence-corrected chi connectivity index (χ4v) is 1.54. The van der Waals surface area contributed by atoms with Crippen LogP contribution < -0.4 is 5.73 Å². The van der Waals surface area contributed by atoms with E-state index in [1.165, 1.54) is 18.2 Å². The number of alkyl halides is 4. The van der Waals surface area contributed by atoms with Crippen molar-refractivity contribution in [3.63, 3.8) is 0 Å². The van der Waals surface area contributed by atoms with Gasteiger partial charge < -0.3 is 5.73 Å². The maximum Gasteiger partial charge on any atom is 0.417 e. The molecule has 1 aromatic carbocycles. The number of hydrogen-bond donors (Lipinski definition) is 1. The number of hydrogen-bond acceptors (Lipinski definition) is 1. The minimum Gasteiger partial charge on any atom is -0.398 e. The highest BCUT2D eigenvalue weighted by atomic mass is 79.9. The largest absolute Gasteiger partial charge is 0.417 e. The molecule has 1 aromatic rings. The number of nitrogen functional groups attached to an aromatic ring is 1. The lowest BCUT2D eigenvalue weighted by Crippen LogP contribution is -2.08. The van der Waals surface area contributed by atoms with E-state index in [2.05, 4.69) is 15.9 Å². The predicted molar refractivity (Wildman–Crippen MR) is 63.3 cm³/mol. The van der Waals surface area contributed by atoms with Gasteiger partial charge >= 0.3 is 6.18 Å². The lowest BCUT2D eigenvalue weighted by atomic mass is 10.0. The predicted octanol–water partition coefficient (Wildman–Crippen LogP) is 4.09. The van der Waals surface area contributed by atoms with Crippen LogP contribution in [0.3, 0.4) is 0 Å². The summed E-state index contributed by atoms with van der Waals surface area (Å²) in [5.74, 6) is 0. The van der Waals surface area contributed by atoms with Gasteiger partial charge in [-0.05, 0) is 18.6 Å². The Hall–Kier alpha value is -0.970. The van der Waals surface area contributed by atoms with Crippen LogP contribution in [-0.4, -0.2) is 5.33 Å². The summed E-state index contributed by atoms with van der Waals surface area (Å²) in [6.07, 6.45) is -0.635. The zero-order valence-corrected chi connectivity index (χ0v) is 9.98. The first-order valence-electron chi connectivity index (χ1n) is 4.65. The molecule has 1 rings (SSSR count). The first kappa shape index (κ1) is 13.1. The molecule has 0 radical (unpaired) electrons. The molecule has 0 unspecified atom stereocenters. The highest BCUT2D eigenvalue weighted by Crippen LogP contribution is 2.34. The summed E-state index contributed by atoms with van der Waals surface area (Å²) >= 11 is 3.19. The maximum absolute atomic E-state index is 12.6. The quantitative estimate of drug-likeness (QED) is 0.659. The summed E-state index contributed by atoms with van der Waals surface area (Å²) in [5.41, 5.74) is 5.02. The van der Waals surface area contributed by atoms with E-state index in [0.29, 0.717) is 11.8 Å². The average Bonchev–Trinajstić information content (AvgIpc) is 2.19. The number of halogens is 4. The fourth-order valence-electron chi connectivity index (χ4n) is 1.28. The summed E-state index contributed by atoms with van der Waals surface area (Å²) in [7, 11) is 0. The van der Waals surface area contributed by atoms with Gasteiger partial charge in [0, 0.05) is 16.6 Å². The van der Waals surface area contributed by atoms with E-state index in [0.717, 1.165) is 6.07 Å². The second kappa shape index (κ2) is 5.39. The number of benzene rings is 1. The van der Waals surface area contributed by atoms with Crippen LogP contribution in [0.2, 0.25) is 0 Å². The van der Waals surface area contributed by atoms with Crippen LogP contribution in [-0.2, 0) is 6.18 Å². The van der Waals surface area contributed by atoms with Crippen molar-refractivity contribution in [1.29, 1.82) is 0 Å². The number of anilines is 1. The normalized spacial score (nSPS) is 12.2. The Balaban J connectivity index is 3.14. The molecular formula is C11H11BrF3N. The lowest BCUT2D eigenvalue weighted by Gasteiger charge is -2.11. The zero-order valence-electron chi connectivity index (χ0n) is 8.39. The van der Waals surface area contributed by atoms with Gasteiger partial charge in [0.2, 0.25) is 0 Å². The molecule has 88 valence electrons. The zero-order chi connectivity index (χ0) is 12.2. The first-order valence-corrected chi connectivity index (χ1v) is 5.77. The van der Waals surface area contributed by atoms with Gasteiger partial charge in [-0.2, -0.15) is 13.2 Å². The molecule has 0 saturated carbocycles. The van der Waals surface area contributed by atoms with Gasteiger partial charge in [-0.3, -0.25) is 0 Å². The second-order valence-electron chi connectivity index (χ2n) is 3.19. The third-order valence-electron chi connectivity index (χ3n) is 2.01. The van der Waals surface area contributed by atoms with Crippen molar-refractivity contribution < 1.29 is 13.2 Å². The number of nitrogens with two attached hydrogens (primary N) is 1. The molecule has 16 heavy (non-hydrogen) atoms. The molecule has 1 nitrogen and oxygen atoms in total. The molecule has 0 amide bonds. The smallest absolute Gasteiger partial charge is 0.398 e. The van der Waals surface area contributed by atoms with Gasteiger partial charge in [0.25, 0.3) is 0 Å². The van der Waals surface area contributed by atoms with Gasteiger partial charge in [-0.25, -0.2) is 0 Å². The Bertz CT molecular complexity index is 385. The average molecular weight is 294 g/mol. The molecule has 0 heterocycles. The topological polar surface area (TPSA) is 26.0 Å². The Morgan fingerprint density at radius 2 is 2.00 bits per heavy atom. The molecule has 5 heteroatoms. The molecular weight excluding hydrogens is 283 g/mol. The molecule has 0 aliphatic rings. The lowest BCUT2D eigenvalue weighted by molar-refractivity contribution is -0.137. The molecule has 0 aliphatic heterocycles. The molecule has 0 saturated heterocycles. The monoisotopic (exact) mass is 293 g/mol. The highest BCUT2D eigenvalue weighted by molar-refractivity contribution is 9.09. The number of allylic oxidation sites excluding steroid dienone is 1. The van der Waals surface area contributed by atoms with Gasteiger partial charge in [-0.1, -0.05) is 34.1 Å². The van der Waals surface area contributed by atoms with E-state index in [4.69, 9.17) is 5.73 Å². The molecule has 0 bridgehead atoms. The summed E-state index contributed by atoms with van der Waals surface area (Å²) in [6.45, 7) is 0. The van der Waals surface area contributed by atoms with E-state index in [9.17, 15) is 13.2 Å². The van der Waals surface area contributed by atoms with Crippen LogP contribution in [0.25, 0.3) is 6.08 Å². The molecule has 2 N–H and O–H groups in total. The van der Waals surface area contributed by atoms with E-state index < -0.39 is 11.7 Å². The van der Waals surface area contributed by atoms with Crippen molar-refractivity contribution >= 4 is 27.7 Å². The second-order valence-corrected chi connectivity index (χ2v) is 3.98. The van der Waals surface area contributed by atoms with Crippen LogP contribution >= 0.6 is 15.9 Å². The van der Waals surface area contributed by atoms with Crippen molar-refractivity contribution in [2.45, 2.75) is 12.6 Å². The molecule has 0 aliphatic carbocycles. The Kier molecular flexibility index (Phi) is 4.41. The van der Waals surface area contributed by atoms with Gasteiger partial charge in [0.1, 0.15) is 0 Å². The Labute approximate surface area is 100 Å². The molecule has 0 aromatic heterocycles. The van der Waals surface area contributed by atoms with Crippen LogP contribution in [0.1, 0.15) is 17.5 Å². The van der Waals surface area contributed by atoms with Crippen molar-refractivity contribution in [2.24, 2.45) is 0 Å². The van der Waals surface area contributed by atoms with E-state index in [1.54, 1.807) is 6.08 Å². The molecule has 0 atom stereocenters. The summed E-state index contributed by atoms with van der Waals surface area (Å²) in [5, 5.41) is 0.706. The third-order valence-corrected chi connectivity index (χ3v) is 2.46. The Morgan fingerprint density at radius 1 is 1.31 bits per heavy atom. The maximum atomic E-state index is 12.6. The highest BCUT2D eigenvalue weighted by Gasteiger charge is 2.33. The minimum absolute atomic E-state index is 0.0379. The van der Waals surface area contributed by atoms with E-state index >= 15 is 0 Å². The van der Waals surface area contributed by atoms with Crippen molar-refractivity contribution in [2.75, 3.05) is 11.1 Å². The van der Waals surface area contributed by atoms with Crippen LogP contribution in [0, 0.1) is 0 Å². The summed E-state index contributed by atoms with van der Waals surface area (Å²) in [4.78, 5) is 0. The fraction of sp³-hybridized carbons (Fsp3) is 0.273. The minimum atomic E-state index is -4.37. The van der Waals surface area contributed by atoms with Gasteiger partial charge in [0.15, 0.2) is 0 Å². The molecule has 0 spiro atoms. The number of rotatable bonds is 3. The van der Waals surface area contributed by atoms with Crippen molar-refractivity contribution in [3.8, 4) is 0 Å². The standard InChI is InChI=1S/C11H11BrF3N/c12-7-2-1-4-8-9(11(13,14)15)5-3-6-10(8)16/h1,3-6H,2,7,16H2. The third kappa shape index (κ3) is 3.27. The van der Waals surface area contributed by atoms with E-state index in [1.807, 2.05) is 0 Å².